The van der Waals surface area contributed by atoms with E-state index >= 15 is 0 Å². The van der Waals surface area contributed by atoms with Gasteiger partial charge >= 0.3 is 0 Å². The average molecular weight is 402 g/mol. The maximum absolute atomic E-state index is 5.63. The highest BCUT2D eigenvalue weighted by atomic mass is 32.2. The molecule has 0 fully saturated rings. The number of ether oxygens (including phenoxy) is 1. The maximum atomic E-state index is 5.63. The van der Waals surface area contributed by atoms with Crippen molar-refractivity contribution in [3.05, 3.63) is 89.2 Å². The first-order valence-electron chi connectivity index (χ1n) is 9.87. The first-order chi connectivity index (χ1) is 14.3. The summed E-state index contributed by atoms with van der Waals surface area (Å²) in [5.74, 6) is 1.74. The van der Waals surface area contributed by atoms with Crippen LogP contribution in [0.15, 0.2) is 71.9 Å². The van der Waals surface area contributed by atoms with Gasteiger partial charge < -0.3 is 15.0 Å². The number of nitrogens with one attached hydrogen (secondary N) is 2. The minimum atomic E-state index is 0.163. The van der Waals surface area contributed by atoms with E-state index in [1.165, 1.54) is 33.3 Å². The second-order valence-electron chi connectivity index (χ2n) is 7.23. The molecule has 0 radical (unpaired) electrons. The molecule has 1 atom stereocenters. The fourth-order valence-corrected chi connectivity index (χ4v) is 4.98. The van der Waals surface area contributed by atoms with Gasteiger partial charge in [0, 0.05) is 40.7 Å². The van der Waals surface area contributed by atoms with E-state index in [-0.39, 0.29) is 6.04 Å². The lowest BCUT2D eigenvalue weighted by Gasteiger charge is -2.25. The number of fused-ring (bicyclic) bond motifs is 3. The summed E-state index contributed by atoms with van der Waals surface area (Å²) in [6, 6.07) is 21.3. The van der Waals surface area contributed by atoms with Gasteiger partial charge in [-0.05, 0) is 47.9 Å². The summed E-state index contributed by atoms with van der Waals surface area (Å²) in [4.78, 5) is 8.08. The number of pyridine rings is 1. The fraction of sp³-hybridized carbons (Fsp3) is 0.208. The Morgan fingerprint density at radius 3 is 2.86 bits per heavy atom. The molecule has 5 heteroatoms. The SMILES string of the molecule is COc1ccc([C@@H]2NCCc3c2[nH]c2ccccc32)cc1CSc1ccccn1. The van der Waals surface area contributed by atoms with Gasteiger partial charge in [0.05, 0.1) is 18.2 Å². The molecule has 146 valence electrons. The van der Waals surface area contributed by atoms with Gasteiger partial charge in [-0.25, -0.2) is 4.98 Å². The number of H-pyrrole nitrogens is 1. The zero-order chi connectivity index (χ0) is 19.6. The molecule has 0 bridgehead atoms. The Labute approximate surface area is 174 Å². The zero-order valence-corrected chi connectivity index (χ0v) is 17.1. The van der Waals surface area contributed by atoms with Crippen molar-refractivity contribution in [2.45, 2.75) is 23.2 Å². The molecular weight excluding hydrogens is 378 g/mol. The third kappa shape index (κ3) is 3.52. The van der Waals surface area contributed by atoms with E-state index in [1.54, 1.807) is 18.9 Å². The number of methoxy groups -OCH3 is 1. The monoisotopic (exact) mass is 401 g/mol. The highest BCUT2D eigenvalue weighted by Gasteiger charge is 2.25. The minimum Gasteiger partial charge on any atom is -0.496 e. The predicted octanol–water partition coefficient (Wildman–Crippen LogP) is 5.10. The lowest BCUT2D eigenvalue weighted by atomic mass is 9.93. The van der Waals surface area contributed by atoms with E-state index in [9.17, 15) is 0 Å². The van der Waals surface area contributed by atoms with Gasteiger partial charge in [0.25, 0.3) is 0 Å². The molecule has 29 heavy (non-hydrogen) atoms. The Balaban J connectivity index is 1.49. The van der Waals surface area contributed by atoms with Gasteiger partial charge in [0.2, 0.25) is 0 Å². The topological polar surface area (TPSA) is 49.9 Å². The third-order valence-electron chi connectivity index (χ3n) is 5.51. The first kappa shape index (κ1) is 18.3. The summed E-state index contributed by atoms with van der Waals surface area (Å²) in [6.07, 6.45) is 2.88. The molecule has 0 saturated heterocycles. The zero-order valence-electron chi connectivity index (χ0n) is 16.3. The van der Waals surface area contributed by atoms with Crippen LogP contribution in [-0.4, -0.2) is 23.6 Å². The van der Waals surface area contributed by atoms with Crippen molar-refractivity contribution in [3.8, 4) is 5.75 Å². The standard InChI is InChI=1S/C24H23N3OS/c1-28-21-10-9-16(14-17(21)15-29-22-8-4-5-12-25-22)23-24-19(11-13-26-23)18-6-2-3-7-20(18)27-24/h2-10,12,14,23,26-27H,11,13,15H2,1H3/t23-/m0/s1. The van der Waals surface area contributed by atoms with Gasteiger partial charge in [-0.3, -0.25) is 0 Å². The number of aromatic amines is 1. The summed E-state index contributed by atoms with van der Waals surface area (Å²) >= 11 is 1.73. The second-order valence-corrected chi connectivity index (χ2v) is 8.22. The lowest BCUT2D eigenvalue weighted by molar-refractivity contribution is 0.411. The van der Waals surface area contributed by atoms with E-state index in [0.29, 0.717) is 0 Å². The molecule has 2 N–H and O–H groups in total. The number of benzene rings is 2. The summed E-state index contributed by atoms with van der Waals surface area (Å²) in [5, 5.41) is 6.06. The second kappa shape index (κ2) is 7.93. The van der Waals surface area contributed by atoms with Crippen molar-refractivity contribution < 1.29 is 4.74 Å². The van der Waals surface area contributed by atoms with Crippen LogP contribution < -0.4 is 10.1 Å². The molecule has 4 nitrogen and oxygen atoms in total. The first-order valence-corrected chi connectivity index (χ1v) is 10.9. The molecule has 0 amide bonds. The fourth-order valence-electron chi connectivity index (χ4n) is 4.14. The van der Waals surface area contributed by atoms with E-state index < -0.39 is 0 Å². The van der Waals surface area contributed by atoms with Gasteiger partial charge in [-0.1, -0.05) is 30.3 Å². The predicted molar refractivity (Wildman–Crippen MR) is 119 cm³/mol. The summed E-state index contributed by atoms with van der Waals surface area (Å²) < 4.78 is 5.63. The number of thioether (sulfide) groups is 1. The Morgan fingerprint density at radius 1 is 1.10 bits per heavy atom. The van der Waals surface area contributed by atoms with Crippen LogP contribution >= 0.6 is 11.8 Å². The molecule has 4 aromatic rings. The summed E-state index contributed by atoms with van der Waals surface area (Å²) in [6.45, 7) is 0.976. The maximum Gasteiger partial charge on any atom is 0.122 e. The number of aromatic nitrogens is 2. The Morgan fingerprint density at radius 2 is 2.00 bits per heavy atom. The molecule has 2 aromatic carbocycles. The molecule has 0 saturated carbocycles. The van der Waals surface area contributed by atoms with Crippen molar-refractivity contribution in [3.63, 3.8) is 0 Å². The third-order valence-corrected chi connectivity index (χ3v) is 6.50. The smallest absolute Gasteiger partial charge is 0.122 e. The van der Waals surface area contributed by atoms with Crippen LogP contribution in [0.1, 0.15) is 28.4 Å². The van der Waals surface area contributed by atoms with Crippen LogP contribution in [0.4, 0.5) is 0 Å². The Bertz CT molecular complexity index is 1140. The normalized spacial score (nSPS) is 16.0. The van der Waals surface area contributed by atoms with E-state index in [0.717, 1.165) is 29.5 Å². The molecule has 0 unspecified atom stereocenters. The molecule has 0 aliphatic carbocycles. The summed E-state index contributed by atoms with van der Waals surface area (Å²) in [5.41, 5.74) is 6.38. The van der Waals surface area contributed by atoms with Crippen molar-refractivity contribution in [2.75, 3.05) is 13.7 Å². The van der Waals surface area contributed by atoms with Crippen LogP contribution in [0.25, 0.3) is 10.9 Å². The molecule has 5 rings (SSSR count). The van der Waals surface area contributed by atoms with Crippen LogP contribution in [0.2, 0.25) is 0 Å². The van der Waals surface area contributed by atoms with Crippen LogP contribution in [0.3, 0.4) is 0 Å². The van der Waals surface area contributed by atoms with Gasteiger partial charge in [-0.2, -0.15) is 0 Å². The molecule has 1 aliphatic rings. The van der Waals surface area contributed by atoms with E-state index in [2.05, 4.69) is 57.7 Å². The summed E-state index contributed by atoms with van der Waals surface area (Å²) in [7, 11) is 1.73. The Hall–Kier alpha value is -2.76. The quantitative estimate of drug-likeness (QED) is 0.457. The lowest BCUT2D eigenvalue weighted by Crippen LogP contribution is -2.30. The number of nitrogens with zero attached hydrogens (tertiary/aromatic N) is 1. The molecule has 1 aliphatic heterocycles. The molecular formula is C24H23N3OS. The van der Waals surface area contributed by atoms with Gasteiger partial charge in [0.1, 0.15) is 5.75 Å². The highest BCUT2D eigenvalue weighted by Crippen LogP contribution is 2.36. The average Bonchev–Trinajstić information content (AvgIpc) is 3.17. The van der Waals surface area contributed by atoms with Crippen LogP contribution in [0, 0.1) is 0 Å². The van der Waals surface area contributed by atoms with Crippen LogP contribution in [0.5, 0.6) is 5.75 Å². The number of hydrogen-bond acceptors (Lipinski definition) is 4. The van der Waals surface area contributed by atoms with Crippen molar-refractivity contribution >= 4 is 22.7 Å². The van der Waals surface area contributed by atoms with E-state index in [4.69, 9.17) is 4.74 Å². The van der Waals surface area contributed by atoms with Crippen molar-refractivity contribution in [1.82, 2.24) is 15.3 Å². The Kier molecular flexibility index (Phi) is 5.00. The van der Waals surface area contributed by atoms with E-state index in [1.807, 2.05) is 24.4 Å². The van der Waals surface area contributed by atoms with Gasteiger partial charge in [0.15, 0.2) is 0 Å². The number of rotatable bonds is 5. The molecule has 3 heterocycles. The minimum absolute atomic E-state index is 0.163. The van der Waals surface area contributed by atoms with Crippen molar-refractivity contribution in [1.29, 1.82) is 0 Å². The molecule has 0 spiro atoms. The van der Waals surface area contributed by atoms with Crippen molar-refractivity contribution in [2.24, 2.45) is 0 Å². The number of hydrogen-bond donors (Lipinski definition) is 2. The van der Waals surface area contributed by atoms with Gasteiger partial charge in [-0.15, -0.1) is 11.8 Å². The van der Waals surface area contributed by atoms with Crippen LogP contribution in [-0.2, 0) is 12.2 Å². The molecule has 2 aromatic heterocycles. The largest absolute Gasteiger partial charge is 0.496 e. The highest BCUT2D eigenvalue weighted by molar-refractivity contribution is 7.98. The number of para-hydroxylation sites is 1.